The van der Waals surface area contributed by atoms with Crippen LogP contribution in [0.15, 0.2) is 30.3 Å². The van der Waals surface area contributed by atoms with E-state index in [4.69, 9.17) is 4.74 Å². The molecule has 4 atom stereocenters. The van der Waals surface area contributed by atoms with E-state index in [-0.39, 0.29) is 12.2 Å². The Morgan fingerprint density at radius 3 is 2.47 bits per heavy atom. The lowest BCUT2D eigenvalue weighted by Crippen LogP contribution is -2.37. The Morgan fingerprint density at radius 1 is 1.07 bits per heavy atom. The first-order chi connectivity index (χ1) is 7.34. The van der Waals surface area contributed by atoms with Crippen molar-refractivity contribution in [3.05, 3.63) is 30.3 Å². The Kier molecular flexibility index (Phi) is 2.17. The van der Waals surface area contributed by atoms with Crippen LogP contribution in [-0.2, 0) is 0 Å². The van der Waals surface area contributed by atoms with Crippen molar-refractivity contribution in [2.75, 3.05) is 0 Å². The Morgan fingerprint density at radius 2 is 1.80 bits per heavy atom. The number of rotatable bonds is 2. The first kappa shape index (κ1) is 9.22. The average Bonchev–Trinajstić information content (AvgIpc) is 2.84. The summed E-state index contributed by atoms with van der Waals surface area (Å²) in [6.45, 7) is 0. The summed E-state index contributed by atoms with van der Waals surface area (Å²) >= 11 is 0. The van der Waals surface area contributed by atoms with Crippen LogP contribution in [0, 0.1) is 11.8 Å². The van der Waals surface area contributed by atoms with Gasteiger partial charge in [0.2, 0.25) is 0 Å². The summed E-state index contributed by atoms with van der Waals surface area (Å²) in [5.41, 5.74) is 0. The lowest BCUT2D eigenvalue weighted by atomic mass is 9.95. The number of aliphatic hydroxyl groups is 1. The Hall–Kier alpha value is -1.02. The molecule has 4 unspecified atom stereocenters. The van der Waals surface area contributed by atoms with Gasteiger partial charge in [0.25, 0.3) is 0 Å². The zero-order valence-electron chi connectivity index (χ0n) is 8.67. The maximum atomic E-state index is 10.0. The number of hydrogen-bond donors (Lipinski definition) is 1. The molecule has 0 aromatic heterocycles. The van der Waals surface area contributed by atoms with Gasteiger partial charge < -0.3 is 9.84 Å². The molecule has 0 saturated heterocycles. The van der Waals surface area contributed by atoms with Crippen LogP contribution in [0.1, 0.15) is 19.3 Å². The van der Waals surface area contributed by atoms with Crippen LogP contribution in [0.3, 0.4) is 0 Å². The van der Waals surface area contributed by atoms with Crippen molar-refractivity contribution in [3.8, 4) is 5.75 Å². The zero-order valence-corrected chi connectivity index (χ0v) is 8.67. The van der Waals surface area contributed by atoms with E-state index in [1.807, 2.05) is 30.3 Å². The van der Waals surface area contributed by atoms with Crippen LogP contribution in [0.25, 0.3) is 0 Å². The number of para-hydroxylation sites is 1. The van der Waals surface area contributed by atoms with Gasteiger partial charge in [0.15, 0.2) is 0 Å². The third kappa shape index (κ3) is 1.53. The quantitative estimate of drug-likeness (QED) is 0.800. The van der Waals surface area contributed by atoms with Gasteiger partial charge in [-0.1, -0.05) is 18.2 Å². The van der Waals surface area contributed by atoms with Gasteiger partial charge in [-0.3, -0.25) is 0 Å². The highest BCUT2D eigenvalue weighted by Gasteiger charge is 2.48. The first-order valence-corrected chi connectivity index (χ1v) is 5.74. The van der Waals surface area contributed by atoms with Gasteiger partial charge in [-0.05, 0) is 43.2 Å². The van der Waals surface area contributed by atoms with Gasteiger partial charge in [0.05, 0.1) is 6.10 Å². The molecule has 2 saturated carbocycles. The third-order valence-electron chi connectivity index (χ3n) is 3.81. The summed E-state index contributed by atoms with van der Waals surface area (Å²) in [4.78, 5) is 0. The maximum absolute atomic E-state index is 10.0. The molecule has 2 bridgehead atoms. The second kappa shape index (κ2) is 3.53. The molecule has 2 aliphatic rings. The summed E-state index contributed by atoms with van der Waals surface area (Å²) in [7, 11) is 0. The van der Waals surface area contributed by atoms with Crippen molar-refractivity contribution in [3.63, 3.8) is 0 Å². The Labute approximate surface area is 89.9 Å². The van der Waals surface area contributed by atoms with Crippen LogP contribution in [-0.4, -0.2) is 17.3 Å². The molecule has 2 heteroatoms. The largest absolute Gasteiger partial charge is 0.487 e. The van der Waals surface area contributed by atoms with Crippen LogP contribution in [0.4, 0.5) is 0 Å². The predicted molar refractivity (Wildman–Crippen MR) is 57.7 cm³/mol. The molecule has 0 radical (unpaired) electrons. The predicted octanol–water partition coefficient (Wildman–Crippen LogP) is 2.22. The summed E-state index contributed by atoms with van der Waals surface area (Å²) < 4.78 is 5.87. The average molecular weight is 204 g/mol. The topological polar surface area (TPSA) is 29.5 Å². The molecule has 2 fully saturated rings. The molecule has 0 heterocycles. The smallest absolute Gasteiger partial charge is 0.128 e. The van der Waals surface area contributed by atoms with Gasteiger partial charge in [0, 0.05) is 0 Å². The number of aliphatic hydroxyl groups excluding tert-OH is 1. The molecule has 2 nitrogen and oxygen atoms in total. The lowest BCUT2D eigenvalue weighted by Gasteiger charge is -2.27. The maximum Gasteiger partial charge on any atom is 0.128 e. The Bertz CT molecular complexity index is 334. The molecule has 1 aromatic carbocycles. The van der Waals surface area contributed by atoms with Crippen molar-refractivity contribution in [1.82, 2.24) is 0 Å². The van der Waals surface area contributed by atoms with Gasteiger partial charge in [-0.2, -0.15) is 0 Å². The highest BCUT2D eigenvalue weighted by molar-refractivity contribution is 5.22. The first-order valence-electron chi connectivity index (χ1n) is 5.74. The monoisotopic (exact) mass is 204 g/mol. The van der Waals surface area contributed by atoms with Crippen molar-refractivity contribution in [2.45, 2.75) is 31.5 Å². The van der Waals surface area contributed by atoms with Gasteiger partial charge in [-0.15, -0.1) is 0 Å². The fraction of sp³-hybridized carbons (Fsp3) is 0.538. The summed E-state index contributed by atoms with van der Waals surface area (Å²) in [6.07, 6.45) is 3.34. The van der Waals surface area contributed by atoms with E-state index in [1.54, 1.807) is 0 Å². The SMILES string of the molecule is OC1C2CCC(C2)C1Oc1ccccc1. The van der Waals surface area contributed by atoms with E-state index in [1.165, 1.54) is 12.8 Å². The molecule has 1 N–H and O–H groups in total. The molecule has 80 valence electrons. The van der Waals surface area contributed by atoms with Crippen molar-refractivity contribution >= 4 is 0 Å². The van der Waals surface area contributed by atoms with Crippen molar-refractivity contribution in [2.24, 2.45) is 11.8 Å². The van der Waals surface area contributed by atoms with E-state index in [9.17, 15) is 5.11 Å². The normalized spacial score (nSPS) is 38.2. The number of hydrogen-bond acceptors (Lipinski definition) is 2. The molecule has 2 aliphatic carbocycles. The third-order valence-corrected chi connectivity index (χ3v) is 3.81. The number of ether oxygens (including phenoxy) is 1. The van der Waals surface area contributed by atoms with Crippen molar-refractivity contribution in [1.29, 1.82) is 0 Å². The van der Waals surface area contributed by atoms with Crippen LogP contribution >= 0.6 is 0 Å². The fourth-order valence-electron chi connectivity index (χ4n) is 3.03. The van der Waals surface area contributed by atoms with Gasteiger partial charge >= 0.3 is 0 Å². The molecule has 1 aromatic rings. The second-order valence-electron chi connectivity index (χ2n) is 4.72. The standard InChI is InChI=1S/C13H16O2/c14-12-9-6-7-10(8-9)13(12)15-11-4-2-1-3-5-11/h1-5,9-10,12-14H,6-8H2. The van der Waals surface area contributed by atoms with Crippen molar-refractivity contribution < 1.29 is 9.84 Å². The van der Waals surface area contributed by atoms with Crippen LogP contribution in [0.2, 0.25) is 0 Å². The zero-order chi connectivity index (χ0) is 10.3. The lowest BCUT2D eigenvalue weighted by molar-refractivity contribution is -0.000657. The number of benzene rings is 1. The second-order valence-corrected chi connectivity index (χ2v) is 4.72. The highest BCUT2D eigenvalue weighted by Crippen LogP contribution is 2.46. The van der Waals surface area contributed by atoms with E-state index in [0.717, 1.165) is 12.2 Å². The van der Waals surface area contributed by atoms with Crippen LogP contribution < -0.4 is 4.74 Å². The van der Waals surface area contributed by atoms with Gasteiger partial charge in [-0.25, -0.2) is 0 Å². The molecule has 0 amide bonds. The summed E-state index contributed by atoms with van der Waals surface area (Å²) in [5, 5.41) is 10.0. The minimum atomic E-state index is -0.246. The van der Waals surface area contributed by atoms with Gasteiger partial charge in [0.1, 0.15) is 11.9 Å². The number of fused-ring (bicyclic) bond motifs is 2. The molecule has 3 rings (SSSR count). The highest BCUT2D eigenvalue weighted by atomic mass is 16.5. The minimum Gasteiger partial charge on any atom is -0.487 e. The summed E-state index contributed by atoms with van der Waals surface area (Å²) in [5.74, 6) is 1.95. The van der Waals surface area contributed by atoms with E-state index < -0.39 is 0 Å². The van der Waals surface area contributed by atoms with E-state index >= 15 is 0 Å². The molecular weight excluding hydrogens is 188 g/mol. The Balaban J connectivity index is 1.74. The molecule has 0 spiro atoms. The fourth-order valence-corrected chi connectivity index (χ4v) is 3.03. The molecule has 0 aliphatic heterocycles. The molecular formula is C13H16O2. The van der Waals surface area contributed by atoms with E-state index in [0.29, 0.717) is 11.8 Å². The summed E-state index contributed by atoms with van der Waals surface area (Å²) in [6, 6.07) is 9.82. The minimum absolute atomic E-state index is 0.0335. The molecule has 15 heavy (non-hydrogen) atoms. The van der Waals surface area contributed by atoms with E-state index in [2.05, 4.69) is 0 Å². The van der Waals surface area contributed by atoms with Crippen LogP contribution in [0.5, 0.6) is 5.75 Å².